The van der Waals surface area contributed by atoms with Gasteiger partial charge >= 0.3 is 6.36 Å². The molecule has 0 saturated heterocycles. The summed E-state index contributed by atoms with van der Waals surface area (Å²) in [7, 11) is 0. The van der Waals surface area contributed by atoms with E-state index in [1.54, 1.807) is 0 Å². The molecular weight excluding hydrogens is 225 g/mol. The summed E-state index contributed by atoms with van der Waals surface area (Å²) >= 11 is 5.30. The zero-order valence-corrected chi connectivity index (χ0v) is 7.23. The van der Waals surface area contributed by atoms with E-state index in [1.165, 1.54) is 0 Å². The van der Waals surface area contributed by atoms with Gasteiger partial charge in [-0.05, 0) is 0 Å². The van der Waals surface area contributed by atoms with E-state index in [0.29, 0.717) is 6.07 Å². The lowest BCUT2D eigenvalue weighted by molar-refractivity contribution is -0.275. The van der Waals surface area contributed by atoms with E-state index in [4.69, 9.17) is 22.4 Å². The van der Waals surface area contributed by atoms with Crippen LogP contribution in [0.3, 0.4) is 0 Å². The lowest BCUT2D eigenvalue weighted by Gasteiger charge is -2.10. The van der Waals surface area contributed by atoms with E-state index in [1.807, 2.05) is 0 Å². The molecule has 0 aliphatic heterocycles. The van der Waals surface area contributed by atoms with Gasteiger partial charge in [-0.2, -0.15) is 0 Å². The van der Waals surface area contributed by atoms with Crippen molar-refractivity contribution in [3.63, 3.8) is 0 Å². The van der Waals surface area contributed by atoms with Gasteiger partial charge in [0.05, 0.1) is 0 Å². The number of nitrogen functional groups attached to an aromatic ring is 1. The Bertz CT molecular complexity index is 356. The SMILES string of the molecule is Nc1nc(Cl)cc(OC(F)(F)F)c1O. The zero-order valence-electron chi connectivity index (χ0n) is 6.47. The maximum Gasteiger partial charge on any atom is 0.573 e. The van der Waals surface area contributed by atoms with E-state index in [2.05, 4.69) is 9.72 Å². The molecule has 0 spiro atoms. The summed E-state index contributed by atoms with van der Waals surface area (Å²) in [5.41, 5.74) is 5.05. The highest BCUT2D eigenvalue weighted by molar-refractivity contribution is 6.29. The Morgan fingerprint density at radius 3 is 2.57 bits per heavy atom. The van der Waals surface area contributed by atoms with Crippen LogP contribution in [0.25, 0.3) is 0 Å². The van der Waals surface area contributed by atoms with Gasteiger partial charge in [-0.3, -0.25) is 0 Å². The van der Waals surface area contributed by atoms with E-state index >= 15 is 0 Å². The fourth-order valence-corrected chi connectivity index (χ4v) is 0.896. The highest BCUT2D eigenvalue weighted by Crippen LogP contribution is 2.36. The molecule has 0 aliphatic carbocycles. The van der Waals surface area contributed by atoms with E-state index in [0.717, 1.165) is 0 Å². The normalized spacial score (nSPS) is 11.4. The fraction of sp³-hybridized carbons (Fsp3) is 0.167. The van der Waals surface area contributed by atoms with Crippen molar-refractivity contribution in [2.24, 2.45) is 0 Å². The molecule has 8 heteroatoms. The van der Waals surface area contributed by atoms with Crippen LogP contribution < -0.4 is 10.5 Å². The van der Waals surface area contributed by atoms with Crippen LogP contribution in [0, 0.1) is 0 Å². The third kappa shape index (κ3) is 2.56. The van der Waals surface area contributed by atoms with Crippen molar-refractivity contribution in [2.45, 2.75) is 6.36 Å². The summed E-state index contributed by atoms with van der Waals surface area (Å²) in [5, 5.41) is 8.71. The minimum Gasteiger partial charge on any atom is -0.502 e. The number of nitrogens with two attached hydrogens (primary N) is 1. The van der Waals surface area contributed by atoms with Crippen LogP contribution in [0.2, 0.25) is 5.15 Å². The molecule has 78 valence electrons. The van der Waals surface area contributed by atoms with Crippen molar-refractivity contribution in [2.75, 3.05) is 5.73 Å². The highest BCUT2D eigenvalue weighted by Gasteiger charge is 2.33. The van der Waals surface area contributed by atoms with Crippen molar-refractivity contribution in [3.05, 3.63) is 11.2 Å². The fourth-order valence-electron chi connectivity index (χ4n) is 0.706. The van der Waals surface area contributed by atoms with Crippen molar-refractivity contribution < 1.29 is 23.0 Å². The lowest BCUT2D eigenvalue weighted by atomic mass is 10.4. The smallest absolute Gasteiger partial charge is 0.502 e. The van der Waals surface area contributed by atoms with Gasteiger partial charge in [0.1, 0.15) is 5.15 Å². The topological polar surface area (TPSA) is 68.4 Å². The number of anilines is 1. The number of rotatable bonds is 1. The minimum absolute atomic E-state index is 0.306. The molecule has 0 bridgehead atoms. The number of aromatic hydroxyl groups is 1. The Morgan fingerprint density at radius 2 is 2.07 bits per heavy atom. The number of nitrogens with zero attached hydrogens (tertiary/aromatic N) is 1. The van der Waals surface area contributed by atoms with Gasteiger partial charge < -0.3 is 15.6 Å². The second kappa shape index (κ2) is 3.41. The van der Waals surface area contributed by atoms with Gasteiger partial charge in [-0.15, -0.1) is 13.2 Å². The number of aromatic nitrogens is 1. The van der Waals surface area contributed by atoms with Crippen molar-refractivity contribution in [1.82, 2.24) is 4.98 Å². The molecular formula is C6H4ClF3N2O2. The molecule has 4 nitrogen and oxygen atoms in total. The Kier molecular flexibility index (Phi) is 2.61. The summed E-state index contributed by atoms with van der Waals surface area (Å²) in [4.78, 5) is 3.31. The van der Waals surface area contributed by atoms with Crippen LogP contribution in [-0.2, 0) is 0 Å². The zero-order chi connectivity index (χ0) is 10.9. The van der Waals surface area contributed by atoms with Crippen LogP contribution in [-0.4, -0.2) is 16.5 Å². The van der Waals surface area contributed by atoms with Gasteiger partial charge in [-0.25, -0.2) is 4.98 Å². The van der Waals surface area contributed by atoms with Crippen LogP contribution in [0.4, 0.5) is 19.0 Å². The van der Waals surface area contributed by atoms with Crippen LogP contribution in [0.5, 0.6) is 11.5 Å². The first kappa shape index (κ1) is 10.7. The summed E-state index contributed by atoms with van der Waals surface area (Å²) in [6.07, 6.45) is -4.92. The molecule has 0 fully saturated rings. The minimum atomic E-state index is -4.92. The predicted molar refractivity (Wildman–Crippen MR) is 42.0 cm³/mol. The molecule has 1 aromatic heterocycles. The number of alkyl halides is 3. The van der Waals surface area contributed by atoms with Crippen molar-refractivity contribution in [3.8, 4) is 11.5 Å². The highest BCUT2D eigenvalue weighted by atomic mass is 35.5. The van der Waals surface area contributed by atoms with Gasteiger partial charge in [0.2, 0.25) is 5.75 Å². The van der Waals surface area contributed by atoms with Crippen molar-refractivity contribution >= 4 is 17.4 Å². The maximum atomic E-state index is 11.7. The third-order valence-corrected chi connectivity index (χ3v) is 1.37. The van der Waals surface area contributed by atoms with Gasteiger partial charge in [0.15, 0.2) is 11.6 Å². The Balaban J connectivity index is 3.09. The summed E-state index contributed by atoms with van der Waals surface area (Å²) in [6, 6.07) is 0.709. The van der Waals surface area contributed by atoms with E-state index < -0.39 is 23.7 Å². The molecule has 1 rings (SSSR count). The van der Waals surface area contributed by atoms with Crippen LogP contribution in [0.15, 0.2) is 6.07 Å². The van der Waals surface area contributed by atoms with Crippen LogP contribution >= 0.6 is 11.6 Å². The maximum absolute atomic E-state index is 11.7. The Hall–Kier alpha value is -1.37. The van der Waals surface area contributed by atoms with E-state index in [-0.39, 0.29) is 5.15 Å². The number of hydrogen-bond donors (Lipinski definition) is 2. The first-order chi connectivity index (χ1) is 6.29. The van der Waals surface area contributed by atoms with Gasteiger partial charge in [0, 0.05) is 6.07 Å². The quantitative estimate of drug-likeness (QED) is 0.721. The van der Waals surface area contributed by atoms with Gasteiger partial charge in [-0.1, -0.05) is 11.6 Å². The summed E-state index contributed by atoms with van der Waals surface area (Å²) < 4.78 is 38.7. The Labute approximate surface area is 81.1 Å². The summed E-state index contributed by atoms with van der Waals surface area (Å²) in [5.74, 6) is -2.31. The summed E-state index contributed by atoms with van der Waals surface area (Å²) in [6.45, 7) is 0. The molecule has 14 heavy (non-hydrogen) atoms. The first-order valence-electron chi connectivity index (χ1n) is 3.20. The van der Waals surface area contributed by atoms with Crippen molar-refractivity contribution in [1.29, 1.82) is 0 Å². The average Bonchev–Trinajstić information content (AvgIpc) is 1.96. The second-order valence-corrected chi connectivity index (χ2v) is 2.61. The monoisotopic (exact) mass is 228 g/mol. The average molecular weight is 229 g/mol. The predicted octanol–water partition coefficient (Wildman–Crippen LogP) is 1.92. The van der Waals surface area contributed by atoms with E-state index in [9.17, 15) is 13.2 Å². The number of hydrogen-bond acceptors (Lipinski definition) is 4. The number of ether oxygens (including phenoxy) is 1. The second-order valence-electron chi connectivity index (χ2n) is 2.22. The largest absolute Gasteiger partial charge is 0.573 e. The number of pyridine rings is 1. The third-order valence-electron chi connectivity index (χ3n) is 1.18. The molecule has 3 N–H and O–H groups in total. The molecule has 0 atom stereocenters. The van der Waals surface area contributed by atoms with Gasteiger partial charge in [0.25, 0.3) is 0 Å². The standard InChI is InChI=1S/C6H4ClF3N2O2/c7-3-1-2(14-6(8,9)10)4(13)5(11)12-3/h1,13H,(H2,11,12). The molecule has 0 amide bonds. The molecule has 0 saturated carbocycles. The lowest BCUT2D eigenvalue weighted by Crippen LogP contribution is -2.17. The molecule has 0 aliphatic rings. The molecule has 0 unspecified atom stereocenters. The molecule has 1 aromatic rings. The Morgan fingerprint density at radius 1 is 1.50 bits per heavy atom. The van der Waals surface area contributed by atoms with Crippen LogP contribution in [0.1, 0.15) is 0 Å². The molecule has 0 aromatic carbocycles. The first-order valence-corrected chi connectivity index (χ1v) is 3.58. The molecule has 1 heterocycles. The molecule has 0 radical (unpaired) electrons. The number of halogens is 4.